The maximum absolute atomic E-state index is 13.0. The first kappa shape index (κ1) is 11.5. The van der Waals surface area contributed by atoms with E-state index < -0.39 is 11.8 Å². The molecule has 2 N–H and O–H groups in total. The summed E-state index contributed by atoms with van der Waals surface area (Å²) in [5.41, 5.74) is 5.96. The number of nitrogens with two attached hydrogens (primary N) is 1. The van der Waals surface area contributed by atoms with E-state index in [1.165, 1.54) is 19.2 Å². The molecular formula is C10H12FNO3. The van der Waals surface area contributed by atoms with Crippen molar-refractivity contribution in [3.63, 3.8) is 0 Å². The summed E-state index contributed by atoms with van der Waals surface area (Å²) in [5, 5.41) is 0. The van der Waals surface area contributed by atoms with Crippen LogP contribution in [0.4, 0.5) is 4.39 Å². The third kappa shape index (κ3) is 3.55. The summed E-state index contributed by atoms with van der Waals surface area (Å²) in [4.78, 5) is 10.8. The number of halogens is 1. The van der Waals surface area contributed by atoms with Gasteiger partial charge in [0.15, 0.2) is 6.61 Å². The van der Waals surface area contributed by atoms with E-state index in [2.05, 4.69) is 4.74 Å². The van der Waals surface area contributed by atoms with Crippen molar-refractivity contribution in [3.8, 4) is 5.75 Å². The van der Waals surface area contributed by atoms with Gasteiger partial charge in [0.05, 0.1) is 7.11 Å². The largest absolute Gasteiger partial charge is 0.482 e. The van der Waals surface area contributed by atoms with Crippen molar-refractivity contribution in [3.05, 3.63) is 29.6 Å². The van der Waals surface area contributed by atoms with Crippen LogP contribution < -0.4 is 10.5 Å². The highest BCUT2D eigenvalue weighted by molar-refractivity contribution is 5.70. The van der Waals surface area contributed by atoms with Gasteiger partial charge in [0.25, 0.3) is 0 Å². The van der Waals surface area contributed by atoms with Crippen LogP contribution in [0, 0.1) is 5.82 Å². The standard InChI is InChI=1S/C10H12FNO3/c1-14-10(13)6-15-9-3-7(5-12)2-8(11)4-9/h2-4H,5-6,12H2,1H3. The molecule has 0 heterocycles. The molecule has 1 aromatic rings. The lowest BCUT2D eigenvalue weighted by Gasteiger charge is -2.06. The zero-order valence-electron chi connectivity index (χ0n) is 8.33. The Balaban J connectivity index is 2.68. The van der Waals surface area contributed by atoms with Gasteiger partial charge in [-0.2, -0.15) is 0 Å². The molecular weight excluding hydrogens is 201 g/mol. The molecule has 0 fully saturated rings. The minimum atomic E-state index is -0.520. The van der Waals surface area contributed by atoms with Crippen molar-refractivity contribution in [2.75, 3.05) is 13.7 Å². The second-order valence-electron chi connectivity index (χ2n) is 2.86. The number of methoxy groups -OCH3 is 1. The zero-order valence-corrected chi connectivity index (χ0v) is 8.33. The summed E-state index contributed by atoms with van der Waals surface area (Å²) in [5.74, 6) is -0.702. The average Bonchev–Trinajstić information content (AvgIpc) is 2.25. The summed E-state index contributed by atoms with van der Waals surface area (Å²) in [6, 6.07) is 4.07. The highest BCUT2D eigenvalue weighted by Gasteiger charge is 2.04. The third-order valence-electron chi connectivity index (χ3n) is 1.75. The molecule has 0 bridgehead atoms. The number of rotatable bonds is 4. The van der Waals surface area contributed by atoms with Crippen molar-refractivity contribution in [2.24, 2.45) is 5.73 Å². The van der Waals surface area contributed by atoms with Gasteiger partial charge in [-0.25, -0.2) is 9.18 Å². The Bertz CT molecular complexity index is 355. The van der Waals surface area contributed by atoms with E-state index in [1.807, 2.05) is 0 Å². The molecule has 0 unspecified atom stereocenters. The van der Waals surface area contributed by atoms with E-state index in [1.54, 1.807) is 6.07 Å². The van der Waals surface area contributed by atoms with Crippen LogP contribution in [0.2, 0.25) is 0 Å². The highest BCUT2D eigenvalue weighted by atomic mass is 19.1. The van der Waals surface area contributed by atoms with Crippen molar-refractivity contribution in [1.29, 1.82) is 0 Å². The van der Waals surface area contributed by atoms with Gasteiger partial charge in [-0.15, -0.1) is 0 Å². The van der Waals surface area contributed by atoms with Crippen LogP contribution in [-0.4, -0.2) is 19.7 Å². The van der Waals surface area contributed by atoms with E-state index in [4.69, 9.17) is 10.5 Å². The van der Waals surface area contributed by atoms with Gasteiger partial charge < -0.3 is 15.2 Å². The Hall–Kier alpha value is -1.62. The number of hydrogen-bond acceptors (Lipinski definition) is 4. The van der Waals surface area contributed by atoms with Crippen LogP contribution in [0.5, 0.6) is 5.75 Å². The van der Waals surface area contributed by atoms with Gasteiger partial charge in [-0.05, 0) is 17.7 Å². The maximum Gasteiger partial charge on any atom is 0.343 e. The van der Waals surface area contributed by atoms with Crippen LogP contribution in [0.25, 0.3) is 0 Å². The Morgan fingerprint density at radius 1 is 1.47 bits per heavy atom. The lowest BCUT2D eigenvalue weighted by atomic mass is 10.2. The summed E-state index contributed by atoms with van der Waals surface area (Å²) < 4.78 is 22.4. The predicted octanol–water partition coefficient (Wildman–Crippen LogP) is 0.836. The van der Waals surface area contributed by atoms with Crippen LogP contribution in [0.1, 0.15) is 5.56 Å². The maximum atomic E-state index is 13.0. The van der Waals surface area contributed by atoms with Crippen LogP contribution in [-0.2, 0) is 16.1 Å². The quantitative estimate of drug-likeness (QED) is 0.753. The summed E-state index contributed by atoms with van der Waals surface area (Å²) in [7, 11) is 1.25. The first-order chi connectivity index (χ1) is 7.15. The molecule has 5 heteroatoms. The van der Waals surface area contributed by atoms with E-state index in [0.717, 1.165) is 0 Å². The average molecular weight is 213 g/mol. The molecule has 0 aliphatic rings. The van der Waals surface area contributed by atoms with Gasteiger partial charge in [0.1, 0.15) is 11.6 Å². The molecule has 0 saturated carbocycles. The van der Waals surface area contributed by atoms with Gasteiger partial charge >= 0.3 is 5.97 Å². The second kappa shape index (κ2) is 5.31. The predicted molar refractivity (Wildman–Crippen MR) is 51.8 cm³/mol. The van der Waals surface area contributed by atoms with Crippen molar-refractivity contribution < 1.29 is 18.7 Å². The minimum absolute atomic E-state index is 0.215. The molecule has 82 valence electrons. The van der Waals surface area contributed by atoms with Gasteiger partial charge in [-0.3, -0.25) is 0 Å². The minimum Gasteiger partial charge on any atom is -0.482 e. The molecule has 15 heavy (non-hydrogen) atoms. The Labute approximate surface area is 86.8 Å². The molecule has 0 saturated heterocycles. The van der Waals surface area contributed by atoms with E-state index >= 15 is 0 Å². The first-order valence-electron chi connectivity index (χ1n) is 4.35. The van der Waals surface area contributed by atoms with Crippen molar-refractivity contribution >= 4 is 5.97 Å². The fourth-order valence-corrected chi connectivity index (χ4v) is 1.02. The van der Waals surface area contributed by atoms with Gasteiger partial charge in [0.2, 0.25) is 0 Å². The molecule has 1 aromatic carbocycles. The van der Waals surface area contributed by atoms with Crippen molar-refractivity contribution in [1.82, 2.24) is 0 Å². The molecule has 1 rings (SSSR count). The normalized spacial score (nSPS) is 9.80. The molecule has 0 aromatic heterocycles. The highest BCUT2D eigenvalue weighted by Crippen LogP contribution is 2.16. The molecule has 0 radical (unpaired) electrons. The first-order valence-corrected chi connectivity index (χ1v) is 4.35. The number of ether oxygens (including phenoxy) is 2. The zero-order chi connectivity index (χ0) is 11.3. The SMILES string of the molecule is COC(=O)COc1cc(F)cc(CN)c1. The molecule has 4 nitrogen and oxygen atoms in total. The molecule has 0 spiro atoms. The second-order valence-corrected chi connectivity index (χ2v) is 2.86. The van der Waals surface area contributed by atoms with Crippen LogP contribution in [0.15, 0.2) is 18.2 Å². The molecule has 0 atom stereocenters. The molecule has 0 amide bonds. The number of carbonyl (C=O) groups excluding carboxylic acids is 1. The monoisotopic (exact) mass is 213 g/mol. The fourth-order valence-electron chi connectivity index (χ4n) is 1.02. The molecule has 0 aliphatic heterocycles. The Morgan fingerprint density at radius 2 is 2.20 bits per heavy atom. The number of carbonyl (C=O) groups is 1. The Kier molecular flexibility index (Phi) is 4.05. The summed E-state index contributed by atoms with van der Waals surface area (Å²) in [6.07, 6.45) is 0. The topological polar surface area (TPSA) is 61.5 Å². The third-order valence-corrected chi connectivity index (χ3v) is 1.75. The lowest BCUT2D eigenvalue weighted by Crippen LogP contribution is -2.12. The lowest BCUT2D eigenvalue weighted by molar-refractivity contribution is -0.142. The summed E-state index contributed by atoms with van der Waals surface area (Å²) >= 11 is 0. The number of benzene rings is 1. The van der Waals surface area contributed by atoms with Gasteiger partial charge in [-0.1, -0.05) is 0 Å². The molecule has 0 aliphatic carbocycles. The fraction of sp³-hybridized carbons (Fsp3) is 0.300. The smallest absolute Gasteiger partial charge is 0.343 e. The van der Waals surface area contributed by atoms with Crippen LogP contribution >= 0.6 is 0 Å². The van der Waals surface area contributed by atoms with Crippen molar-refractivity contribution in [2.45, 2.75) is 6.54 Å². The Morgan fingerprint density at radius 3 is 2.80 bits per heavy atom. The van der Waals surface area contributed by atoms with E-state index in [0.29, 0.717) is 5.56 Å². The van der Waals surface area contributed by atoms with E-state index in [-0.39, 0.29) is 18.9 Å². The number of hydrogen-bond donors (Lipinski definition) is 1. The van der Waals surface area contributed by atoms with E-state index in [9.17, 15) is 9.18 Å². The van der Waals surface area contributed by atoms with Crippen LogP contribution in [0.3, 0.4) is 0 Å². The summed E-state index contributed by atoms with van der Waals surface area (Å²) in [6.45, 7) is -0.0314. The van der Waals surface area contributed by atoms with Gasteiger partial charge in [0, 0.05) is 12.6 Å². The number of esters is 1.